The highest BCUT2D eigenvalue weighted by Gasteiger charge is 2.43. The van der Waals surface area contributed by atoms with E-state index in [2.05, 4.69) is 22.6 Å². The van der Waals surface area contributed by atoms with Crippen molar-refractivity contribution in [3.8, 4) is 0 Å². The van der Waals surface area contributed by atoms with E-state index in [1.165, 1.54) is 0 Å². The molecule has 0 aliphatic carbocycles. The number of hydrogen-bond donors (Lipinski definition) is 0. The van der Waals surface area contributed by atoms with E-state index >= 15 is 0 Å². The van der Waals surface area contributed by atoms with Gasteiger partial charge in [0.25, 0.3) is 0 Å². The maximum absolute atomic E-state index is 13.0. The topological polar surface area (TPSA) is 35.5 Å². The number of carbonyl (C=O) groups excluding carboxylic acids is 1. The standard InChI is InChI=1S/C17H15IO3S/c18-12-17(20-8-9-21-17)15(11-14-7-4-10-22-14)16(19)13-5-2-1-3-6-13/h1-7,10-11H,8-9,12H2/b15-11-. The lowest BCUT2D eigenvalue weighted by Gasteiger charge is -2.27. The maximum Gasteiger partial charge on any atom is 0.208 e. The summed E-state index contributed by atoms with van der Waals surface area (Å²) in [7, 11) is 0. The summed E-state index contributed by atoms with van der Waals surface area (Å²) in [4.78, 5) is 14.0. The average Bonchev–Trinajstić information content (AvgIpc) is 3.25. The number of hydrogen-bond acceptors (Lipinski definition) is 4. The predicted octanol–water partition coefficient (Wildman–Crippen LogP) is 4.19. The molecule has 2 aromatic rings. The van der Waals surface area contributed by atoms with Gasteiger partial charge in [-0.25, -0.2) is 0 Å². The molecule has 1 aliphatic rings. The molecule has 1 fully saturated rings. The number of halogens is 1. The van der Waals surface area contributed by atoms with Crippen molar-refractivity contribution < 1.29 is 14.3 Å². The Balaban J connectivity index is 2.05. The van der Waals surface area contributed by atoms with Crippen LogP contribution in [0.15, 0.2) is 53.4 Å². The number of benzene rings is 1. The number of Topliss-reactive ketones (excluding diaryl/α,β-unsaturated/α-hetero) is 1. The second-order valence-corrected chi connectivity index (χ2v) is 6.59. The zero-order valence-corrected chi connectivity index (χ0v) is 14.8. The quantitative estimate of drug-likeness (QED) is 0.311. The van der Waals surface area contributed by atoms with Gasteiger partial charge >= 0.3 is 0 Å². The van der Waals surface area contributed by atoms with E-state index in [9.17, 15) is 4.79 Å². The molecule has 114 valence electrons. The fourth-order valence-electron chi connectivity index (χ4n) is 2.37. The molecule has 0 unspecified atom stereocenters. The zero-order valence-electron chi connectivity index (χ0n) is 11.8. The van der Waals surface area contributed by atoms with E-state index < -0.39 is 5.79 Å². The Labute approximate surface area is 147 Å². The molecule has 0 spiro atoms. The predicted molar refractivity (Wildman–Crippen MR) is 96.6 cm³/mol. The fourth-order valence-corrected chi connectivity index (χ4v) is 3.88. The molecule has 0 radical (unpaired) electrons. The number of carbonyl (C=O) groups is 1. The minimum Gasteiger partial charge on any atom is -0.343 e. The molecule has 0 saturated carbocycles. The van der Waals surface area contributed by atoms with Crippen molar-refractivity contribution in [1.82, 2.24) is 0 Å². The van der Waals surface area contributed by atoms with Crippen molar-refractivity contribution in [1.29, 1.82) is 0 Å². The summed E-state index contributed by atoms with van der Waals surface area (Å²) in [6, 6.07) is 13.2. The van der Waals surface area contributed by atoms with Crippen molar-refractivity contribution in [3.63, 3.8) is 0 Å². The Morgan fingerprint density at radius 1 is 1.18 bits per heavy atom. The van der Waals surface area contributed by atoms with Crippen LogP contribution in [-0.2, 0) is 9.47 Å². The van der Waals surface area contributed by atoms with Crippen LogP contribution in [0.2, 0.25) is 0 Å². The second kappa shape index (κ2) is 7.04. The van der Waals surface area contributed by atoms with Gasteiger partial charge in [0.05, 0.1) is 23.2 Å². The van der Waals surface area contributed by atoms with Gasteiger partial charge in [-0.2, -0.15) is 0 Å². The molecule has 1 aliphatic heterocycles. The highest BCUT2D eigenvalue weighted by molar-refractivity contribution is 14.1. The van der Waals surface area contributed by atoms with E-state index in [0.717, 1.165) is 4.88 Å². The first-order valence-electron chi connectivity index (χ1n) is 6.94. The third-order valence-corrected chi connectivity index (χ3v) is 5.27. The summed E-state index contributed by atoms with van der Waals surface area (Å²) in [5, 5.41) is 1.99. The zero-order chi connectivity index (χ0) is 15.4. The van der Waals surface area contributed by atoms with Gasteiger partial charge in [0.1, 0.15) is 0 Å². The summed E-state index contributed by atoms with van der Waals surface area (Å²) in [5.41, 5.74) is 1.21. The van der Waals surface area contributed by atoms with Crippen LogP contribution < -0.4 is 0 Å². The molecule has 22 heavy (non-hydrogen) atoms. The van der Waals surface area contributed by atoms with Crippen LogP contribution in [0.4, 0.5) is 0 Å². The van der Waals surface area contributed by atoms with Gasteiger partial charge in [-0.3, -0.25) is 4.79 Å². The Morgan fingerprint density at radius 3 is 2.50 bits per heavy atom. The molecular formula is C17H15IO3S. The van der Waals surface area contributed by atoms with Crippen LogP contribution in [0.3, 0.4) is 0 Å². The van der Waals surface area contributed by atoms with Crippen LogP contribution in [0.25, 0.3) is 6.08 Å². The van der Waals surface area contributed by atoms with Crippen molar-refractivity contribution in [3.05, 3.63) is 63.9 Å². The fraction of sp³-hybridized carbons (Fsp3) is 0.235. The lowest BCUT2D eigenvalue weighted by Crippen LogP contribution is -2.38. The summed E-state index contributed by atoms with van der Waals surface area (Å²) in [6.07, 6.45) is 1.89. The van der Waals surface area contributed by atoms with E-state index in [1.54, 1.807) is 11.3 Å². The summed E-state index contributed by atoms with van der Waals surface area (Å²) in [6.45, 7) is 1.01. The molecule has 1 saturated heterocycles. The molecule has 3 nitrogen and oxygen atoms in total. The van der Waals surface area contributed by atoms with Crippen molar-refractivity contribution in [2.24, 2.45) is 0 Å². The molecule has 1 aromatic heterocycles. The van der Waals surface area contributed by atoms with E-state index in [1.807, 2.05) is 53.9 Å². The van der Waals surface area contributed by atoms with Gasteiger partial charge < -0.3 is 9.47 Å². The van der Waals surface area contributed by atoms with E-state index in [0.29, 0.717) is 28.8 Å². The number of ketones is 1. The van der Waals surface area contributed by atoms with Gasteiger partial charge in [-0.1, -0.05) is 59.0 Å². The Bertz CT molecular complexity index is 658. The maximum atomic E-state index is 13.0. The third kappa shape index (κ3) is 3.17. The lowest BCUT2D eigenvalue weighted by atomic mass is 9.96. The van der Waals surface area contributed by atoms with Crippen LogP contribution in [0.1, 0.15) is 15.2 Å². The van der Waals surface area contributed by atoms with E-state index in [4.69, 9.17) is 9.47 Å². The van der Waals surface area contributed by atoms with Crippen LogP contribution in [0, 0.1) is 0 Å². The molecule has 0 amide bonds. The van der Waals surface area contributed by atoms with Crippen LogP contribution >= 0.6 is 33.9 Å². The molecule has 0 bridgehead atoms. The first kappa shape index (κ1) is 15.9. The minimum atomic E-state index is -0.947. The van der Waals surface area contributed by atoms with Gasteiger partial charge in [0, 0.05) is 10.4 Å². The highest BCUT2D eigenvalue weighted by Crippen LogP contribution is 2.34. The average molecular weight is 426 g/mol. The molecule has 1 aromatic carbocycles. The number of rotatable bonds is 5. The number of ether oxygens (including phenoxy) is 2. The number of alkyl halides is 1. The summed E-state index contributed by atoms with van der Waals surface area (Å²) >= 11 is 3.80. The van der Waals surface area contributed by atoms with Gasteiger partial charge in [-0.15, -0.1) is 11.3 Å². The Hall–Kier alpha value is -1.02. The Kier molecular flexibility index (Phi) is 5.07. The summed E-state index contributed by atoms with van der Waals surface area (Å²) in [5.74, 6) is -0.995. The van der Waals surface area contributed by atoms with Crippen molar-refractivity contribution >= 4 is 45.8 Å². The number of thiophene rings is 1. The van der Waals surface area contributed by atoms with Gasteiger partial charge in [0.15, 0.2) is 5.78 Å². The normalized spacial score (nSPS) is 17.6. The monoisotopic (exact) mass is 426 g/mol. The largest absolute Gasteiger partial charge is 0.343 e. The molecule has 3 rings (SSSR count). The van der Waals surface area contributed by atoms with E-state index in [-0.39, 0.29) is 5.78 Å². The molecule has 5 heteroatoms. The second-order valence-electron chi connectivity index (χ2n) is 4.85. The molecular weight excluding hydrogens is 411 g/mol. The highest BCUT2D eigenvalue weighted by atomic mass is 127. The van der Waals surface area contributed by atoms with Gasteiger partial charge in [-0.05, 0) is 17.5 Å². The summed E-state index contributed by atoms with van der Waals surface area (Å²) < 4.78 is 12.2. The van der Waals surface area contributed by atoms with Crippen LogP contribution in [-0.4, -0.2) is 29.2 Å². The molecule has 2 heterocycles. The van der Waals surface area contributed by atoms with Gasteiger partial charge in [0.2, 0.25) is 5.79 Å². The molecule has 0 N–H and O–H groups in total. The SMILES string of the molecule is O=C(/C(=C/c1cccs1)C1(CI)OCCO1)c1ccccc1. The Morgan fingerprint density at radius 2 is 1.91 bits per heavy atom. The first-order chi connectivity index (χ1) is 10.7. The van der Waals surface area contributed by atoms with Crippen LogP contribution in [0.5, 0.6) is 0 Å². The first-order valence-corrected chi connectivity index (χ1v) is 9.35. The van der Waals surface area contributed by atoms with Crippen molar-refractivity contribution in [2.45, 2.75) is 5.79 Å². The minimum absolute atomic E-state index is 0.0485. The smallest absolute Gasteiger partial charge is 0.208 e. The lowest BCUT2D eigenvalue weighted by molar-refractivity contribution is -0.0997. The third-order valence-electron chi connectivity index (χ3n) is 3.45. The van der Waals surface area contributed by atoms with Crippen molar-refractivity contribution in [2.75, 3.05) is 17.6 Å². The molecule has 0 atom stereocenters.